The van der Waals surface area contributed by atoms with Crippen molar-refractivity contribution >= 4 is 5.97 Å². The van der Waals surface area contributed by atoms with Crippen LogP contribution in [0.25, 0.3) is 0 Å². The Morgan fingerprint density at radius 2 is 2.60 bits per heavy atom. The van der Waals surface area contributed by atoms with Gasteiger partial charge in [-0.1, -0.05) is 6.08 Å². The highest BCUT2D eigenvalue weighted by Crippen LogP contribution is 2.37. The number of hydrogen-bond donors (Lipinski definition) is 0. The molecule has 0 saturated carbocycles. The molecule has 0 N–H and O–H groups in total. The normalized spacial score (nSPS) is 32.6. The minimum absolute atomic E-state index is 0.110. The van der Waals surface area contributed by atoms with Gasteiger partial charge in [0.1, 0.15) is 12.2 Å². The number of hydrogen-bond acceptors (Lipinski definition) is 4. The van der Waals surface area contributed by atoms with Crippen LogP contribution in [0.1, 0.15) is 6.42 Å². The van der Waals surface area contributed by atoms with Gasteiger partial charge in [0.05, 0.1) is 19.8 Å². The number of rotatable bonds is 4. The van der Waals surface area contributed by atoms with Crippen LogP contribution in [0.5, 0.6) is 0 Å². The van der Waals surface area contributed by atoms with E-state index in [1.54, 1.807) is 12.2 Å². The Labute approximate surface area is 88.5 Å². The largest absolute Gasteiger partial charge is 0.466 e. The van der Waals surface area contributed by atoms with Crippen LogP contribution in [0.2, 0.25) is 0 Å². The van der Waals surface area contributed by atoms with Gasteiger partial charge in [0, 0.05) is 12.0 Å². The lowest BCUT2D eigenvalue weighted by Gasteiger charge is -2.16. The van der Waals surface area contributed by atoms with Crippen LogP contribution in [-0.4, -0.2) is 38.0 Å². The summed E-state index contributed by atoms with van der Waals surface area (Å²) in [5, 5.41) is 0. The first-order valence-corrected chi connectivity index (χ1v) is 4.93. The van der Waals surface area contributed by atoms with E-state index in [1.165, 1.54) is 7.11 Å². The first kappa shape index (κ1) is 10.4. The lowest BCUT2D eigenvalue weighted by molar-refractivity contribution is -0.136. The van der Waals surface area contributed by atoms with E-state index in [4.69, 9.17) is 9.47 Å². The zero-order valence-electron chi connectivity index (χ0n) is 8.64. The highest BCUT2D eigenvalue weighted by atomic mass is 16.6. The molecule has 3 atom stereocenters. The maximum atomic E-state index is 11.3. The molecule has 1 heterocycles. The molecule has 2 aliphatic rings. The standard InChI is InChI=1S/C11H14O4/c1-3-4-14-8-5-7(11(12)13-2)6-9-10(8)15-9/h3,5,8-10H,1,4,6H2,2H3. The van der Waals surface area contributed by atoms with Crippen LogP contribution in [0.15, 0.2) is 24.3 Å². The summed E-state index contributed by atoms with van der Waals surface area (Å²) in [6.45, 7) is 4.04. The number of methoxy groups -OCH3 is 1. The number of esters is 1. The minimum Gasteiger partial charge on any atom is -0.466 e. The zero-order chi connectivity index (χ0) is 10.8. The Kier molecular flexibility index (Phi) is 2.88. The van der Waals surface area contributed by atoms with E-state index in [9.17, 15) is 4.79 Å². The molecule has 1 fully saturated rings. The van der Waals surface area contributed by atoms with Crippen molar-refractivity contribution in [2.24, 2.45) is 0 Å². The average Bonchev–Trinajstić information content (AvgIpc) is 3.03. The quantitative estimate of drug-likeness (QED) is 0.392. The van der Waals surface area contributed by atoms with Gasteiger partial charge in [0.25, 0.3) is 0 Å². The SMILES string of the molecule is C=CCOC1C=C(C(=O)OC)CC2OC12. The maximum Gasteiger partial charge on any atom is 0.333 e. The molecule has 0 spiro atoms. The van der Waals surface area contributed by atoms with Crippen molar-refractivity contribution < 1.29 is 19.0 Å². The molecule has 0 aromatic heterocycles. The Morgan fingerprint density at radius 3 is 3.27 bits per heavy atom. The van der Waals surface area contributed by atoms with Crippen molar-refractivity contribution in [1.29, 1.82) is 0 Å². The lowest BCUT2D eigenvalue weighted by atomic mass is 9.97. The molecule has 1 aliphatic heterocycles. The van der Waals surface area contributed by atoms with E-state index in [2.05, 4.69) is 11.3 Å². The first-order chi connectivity index (χ1) is 7.26. The third-order valence-corrected chi connectivity index (χ3v) is 2.59. The summed E-state index contributed by atoms with van der Waals surface area (Å²) in [6, 6.07) is 0. The van der Waals surface area contributed by atoms with Gasteiger partial charge in [-0.25, -0.2) is 4.79 Å². The molecular formula is C11H14O4. The predicted octanol–water partition coefficient (Wildman–Crippen LogP) is 0.828. The molecule has 3 unspecified atom stereocenters. The minimum atomic E-state index is -0.295. The van der Waals surface area contributed by atoms with Gasteiger partial charge in [-0.2, -0.15) is 0 Å². The van der Waals surface area contributed by atoms with Crippen LogP contribution < -0.4 is 0 Å². The fourth-order valence-corrected chi connectivity index (χ4v) is 1.79. The van der Waals surface area contributed by atoms with Crippen LogP contribution >= 0.6 is 0 Å². The number of fused-ring (bicyclic) bond motifs is 1. The van der Waals surface area contributed by atoms with Gasteiger partial charge < -0.3 is 14.2 Å². The number of epoxide rings is 1. The second-order valence-corrected chi connectivity index (χ2v) is 3.61. The molecule has 1 aliphatic carbocycles. The summed E-state index contributed by atoms with van der Waals surface area (Å²) in [4.78, 5) is 11.3. The molecule has 2 rings (SSSR count). The highest BCUT2D eigenvalue weighted by Gasteiger charge is 2.49. The monoisotopic (exact) mass is 210 g/mol. The highest BCUT2D eigenvalue weighted by molar-refractivity contribution is 5.89. The first-order valence-electron chi connectivity index (χ1n) is 4.93. The van der Waals surface area contributed by atoms with E-state index in [-0.39, 0.29) is 24.3 Å². The fraction of sp³-hybridized carbons (Fsp3) is 0.545. The van der Waals surface area contributed by atoms with Crippen LogP contribution in [0.4, 0.5) is 0 Å². The molecule has 4 nitrogen and oxygen atoms in total. The van der Waals surface area contributed by atoms with Crippen LogP contribution in [0, 0.1) is 0 Å². The molecule has 1 saturated heterocycles. The van der Waals surface area contributed by atoms with Crippen molar-refractivity contribution in [3.05, 3.63) is 24.3 Å². The molecule has 0 aromatic rings. The van der Waals surface area contributed by atoms with Crippen molar-refractivity contribution in [3.8, 4) is 0 Å². The van der Waals surface area contributed by atoms with Crippen molar-refractivity contribution in [1.82, 2.24) is 0 Å². The molecule has 0 bridgehead atoms. The number of carbonyl (C=O) groups excluding carboxylic acids is 1. The number of carbonyl (C=O) groups is 1. The molecule has 15 heavy (non-hydrogen) atoms. The van der Waals surface area contributed by atoms with E-state index < -0.39 is 0 Å². The zero-order valence-corrected chi connectivity index (χ0v) is 8.64. The maximum absolute atomic E-state index is 11.3. The molecule has 82 valence electrons. The average molecular weight is 210 g/mol. The summed E-state index contributed by atoms with van der Waals surface area (Å²) in [7, 11) is 1.38. The van der Waals surface area contributed by atoms with Crippen LogP contribution in [0.3, 0.4) is 0 Å². The lowest BCUT2D eigenvalue weighted by Crippen LogP contribution is -2.26. The van der Waals surface area contributed by atoms with Gasteiger partial charge in [-0.3, -0.25) is 0 Å². The Morgan fingerprint density at radius 1 is 1.80 bits per heavy atom. The van der Waals surface area contributed by atoms with Crippen molar-refractivity contribution in [3.63, 3.8) is 0 Å². The summed E-state index contributed by atoms with van der Waals surface area (Å²) in [5.74, 6) is -0.295. The Balaban J connectivity index is 2.03. The third kappa shape index (κ3) is 2.11. The molecule has 0 amide bonds. The van der Waals surface area contributed by atoms with E-state index in [0.29, 0.717) is 18.6 Å². The van der Waals surface area contributed by atoms with Gasteiger partial charge in [0.15, 0.2) is 0 Å². The van der Waals surface area contributed by atoms with Crippen molar-refractivity contribution in [2.75, 3.05) is 13.7 Å². The molecular weight excluding hydrogens is 196 g/mol. The van der Waals surface area contributed by atoms with Gasteiger partial charge >= 0.3 is 5.97 Å². The summed E-state index contributed by atoms with van der Waals surface area (Å²) in [6.07, 6.45) is 4.19. The van der Waals surface area contributed by atoms with Crippen LogP contribution in [-0.2, 0) is 19.0 Å². The molecule has 0 aromatic carbocycles. The van der Waals surface area contributed by atoms with Crippen molar-refractivity contribution in [2.45, 2.75) is 24.7 Å². The Bertz CT molecular complexity index is 308. The van der Waals surface area contributed by atoms with E-state index >= 15 is 0 Å². The third-order valence-electron chi connectivity index (χ3n) is 2.59. The smallest absolute Gasteiger partial charge is 0.333 e. The van der Waals surface area contributed by atoms with E-state index in [1.807, 2.05) is 0 Å². The second-order valence-electron chi connectivity index (χ2n) is 3.61. The van der Waals surface area contributed by atoms with E-state index in [0.717, 1.165) is 0 Å². The van der Waals surface area contributed by atoms with Gasteiger partial charge in [0.2, 0.25) is 0 Å². The molecule has 0 radical (unpaired) electrons. The van der Waals surface area contributed by atoms with Gasteiger partial charge in [-0.05, 0) is 6.08 Å². The topological polar surface area (TPSA) is 48.1 Å². The molecule has 4 heteroatoms. The number of ether oxygens (including phenoxy) is 3. The fourth-order valence-electron chi connectivity index (χ4n) is 1.79. The summed E-state index contributed by atoms with van der Waals surface area (Å²) < 4.78 is 15.5. The second kappa shape index (κ2) is 4.16. The Hall–Kier alpha value is -1.13. The summed E-state index contributed by atoms with van der Waals surface area (Å²) in [5.41, 5.74) is 0.644. The van der Waals surface area contributed by atoms with Gasteiger partial charge in [-0.15, -0.1) is 6.58 Å². The summed E-state index contributed by atoms with van der Waals surface area (Å²) >= 11 is 0. The predicted molar refractivity (Wildman–Crippen MR) is 53.3 cm³/mol.